The van der Waals surface area contributed by atoms with Gasteiger partial charge in [0.2, 0.25) is 11.8 Å². The zero-order valence-corrected chi connectivity index (χ0v) is 12.3. The van der Waals surface area contributed by atoms with Crippen molar-refractivity contribution in [3.05, 3.63) is 30.0 Å². The summed E-state index contributed by atoms with van der Waals surface area (Å²) < 4.78 is 5.15. The Morgan fingerprint density at radius 3 is 2.73 bits per heavy atom. The Morgan fingerprint density at radius 2 is 1.91 bits per heavy atom. The third-order valence-electron chi connectivity index (χ3n) is 4.08. The quantitative estimate of drug-likeness (QED) is 0.850. The number of amides is 2. The minimum atomic E-state index is -0.303. The lowest BCUT2D eigenvalue weighted by molar-refractivity contribution is -0.131. The first kappa shape index (κ1) is 14.6. The van der Waals surface area contributed by atoms with Crippen LogP contribution in [0.25, 0.3) is 11.0 Å². The molecule has 0 bridgehead atoms. The lowest BCUT2D eigenvalue weighted by Gasteiger charge is -2.20. The summed E-state index contributed by atoms with van der Waals surface area (Å²) in [5.74, 6) is -0.386. The van der Waals surface area contributed by atoms with Crippen LogP contribution in [0.2, 0.25) is 0 Å². The molecule has 6 nitrogen and oxygen atoms in total. The smallest absolute Gasteiger partial charge is 0.244 e. The van der Waals surface area contributed by atoms with Crippen molar-refractivity contribution in [3.63, 3.8) is 0 Å². The number of hydrazine groups is 1. The van der Waals surface area contributed by atoms with Crippen LogP contribution in [-0.4, -0.2) is 17.0 Å². The minimum Gasteiger partial charge on any atom is -0.356 e. The van der Waals surface area contributed by atoms with Gasteiger partial charge in [-0.25, -0.2) is 0 Å². The predicted octanol–water partition coefficient (Wildman–Crippen LogP) is 2.10. The molecule has 1 aromatic carbocycles. The Hall–Kier alpha value is -2.37. The Labute approximate surface area is 128 Å². The highest BCUT2D eigenvalue weighted by Crippen LogP contribution is 2.23. The van der Waals surface area contributed by atoms with Gasteiger partial charge in [0.1, 0.15) is 5.69 Å². The number of hydrogen-bond donors (Lipinski definition) is 2. The summed E-state index contributed by atoms with van der Waals surface area (Å²) in [4.78, 5) is 23.9. The van der Waals surface area contributed by atoms with Crippen LogP contribution < -0.4 is 10.9 Å². The summed E-state index contributed by atoms with van der Waals surface area (Å²) in [6.45, 7) is 0. The summed E-state index contributed by atoms with van der Waals surface area (Å²) >= 11 is 0. The third kappa shape index (κ3) is 3.27. The van der Waals surface area contributed by atoms with Crippen molar-refractivity contribution in [1.82, 2.24) is 16.0 Å². The number of para-hydroxylation sites is 1. The number of nitrogens with zero attached hydrogens (tertiary/aromatic N) is 1. The van der Waals surface area contributed by atoms with Crippen molar-refractivity contribution >= 4 is 22.8 Å². The SMILES string of the molecule is O=C(Cc1noc2ccccc12)NNC(=O)C1CCCCC1. The number of nitrogens with one attached hydrogen (secondary N) is 2. The van der Waals surface area contributed by atoms with Gasteiger partial charge in [0.15, 0.2) is 5.58 Å². The van der Waals surface area contributed by atoms with E-state index in [1.54, 1.807) is 6.07 Å². The van der Waals surface area contributed by atoms with E-state index in [9.17, 15) is 9.59 Å². The number of benzene rings is 1. The number of fused-ring (bicyclic) bond motifs is 1. The van der Waals surface area contributed by atoms with Gasteiger partial charge >= 0.3 is 0 Å². The highest BCUT2D eigenvalue weighted by molar-refractivity contribution is 5.88. The van der Waals surface area contributed by atoms with E-state index in [1.165, 1.54) is 6.42 Å². The van der Waals surface area contributed by atoms with Gasteiger partial charge < -0.3 is 4.52 Å². The molecule has 116 valence electrons. The van der Waals surface area contributed by atoms with E-state index in [4.69, 9.17) is 4.52 Å². The summed E-state index contributed by atoms with van der Waals surface area (Å²) in [6, 6.07) is 7.37. The monoisotopic (exact) mass is 301 g/mol. The average molecular weight is 301 g/mol. The molecular weight excluding hydrogens is 282 g/mol. The Morgan fingerprint density at radius 1 is 1.14 bits per heavy atom. The molecule has 0 spiro atoms. The topological polar surface area (TPSA) is 84.2 Å². The molecule has 0 unspecified atom stereocenters. The second-order valence-corrected chi connectivity index (χ2v) is 5.67. The second kappa shape index (κ2) is 6.60. The first-order valence-corrected chi connectivity index (χ1v) is 7.66. The van der Waals surface area contributed by atoms with Gasteiger partial charge in [-0.2, -0.15) is 0 Å². The molecule has 1 aliphatic carbocycles. The Balaban J connectivity index is 1.53. The second-order valence-electron chi connectivity index (χ2n) is 5.67. The number of carbonyl (C=O) groups excluding carboxylic acids is 2. The Bertz CT molecular complexity index is 674. The molecule has 0 radical (unpaired) electrons. The molecule has 1 saturated carbocycles. The van der Waals surface area contributed by atoms with E-state index >= 15 is 0 Å². The van der Waals surface area contributed by atoms with Crippen LogP contribution in [0.5, 0.6) is 0 Å². The molecule has 1 fully saturated rings. The highest BCUT2D eigenvalue weighted by atomic mass is 16.5. The molecule has 1 heterocycles. The standard InChI is InChI=1S/C16H19N3O3/c20-15(17-18-16(21)11-6-2-1-3-7-11)10-13-12-8-4-5-9-14(12)22-19-13/h4-5,8-9,11H,1-3,6-7,10H2,(H,17,20)(H,18,21). The van der Waals surface area contributed by atoms with E-state index in [0.29, 0.717) is 11.3 Å². The van der Waals surface area contributed by atoms with Crippen molar-refractivity contribution in [2.45, 2.75) is 38.5 Å². The van der Waals surface area contributed by atoms with Crippen molar-refractivity contribution in [2.75, 3.05) is 0 Å². The highest BCUT2D eigenvalue weighted by Gasteiger charge is 2.21. The van der Waals surface area contributed by atoms with Crippen LogP contribution in [0, 0.1) is 5.92 Å². The summed E-state index contributed by atoms with van der Waals surface area (Å²) in [5.41, 5.74) is 6.20. The maximum atomic E-state index is 12.0. The largest absolute Gasteiger partial charge is 0.356 e. The molecular formula is C16H19N3O3. The summed E-state index contributed by atoms with van der Waals surface area (Å²) in [6.07, 6.45) is 5.22. The van der Waals surface area contributed by atoms with E-state index in [1.807, 2.05) is 18.2 Å². The molecule has 0 aliphatic heterocycles. The van der Waals surface area contributed by atoms with Gasteiger partial charge in [-0.3, -0.25) is 20.4 Å². The fourth-order valence-corrected chi connectivity index (χ4v) is 2.86. The van der Waals surface area contributed by atoms with Crippen LogP contribution in [0.3, 0.4) is 0 Å². The number of aromatic nitrogens is 1. The number of rotatable bonds is 3. The lowest BCUT2D eigenvalue weighted by atomic mass is 9.89. The summed E-state index contributed by atoms with van der Waals surface area (Å²) in [5, 5.41) is 4.72. The minimum absolute atomic E-state index is 0.0157. The molecule has 0 saturated heterocycles. The fraction of sp³-hybridized carbons (Fsp3) is 0.438. The molecule has 2 amide bonds. The first-order chi connectivity index (χ1) is 10.7. The third-order valence-corrected chi connectivity index (χ3v) is 4.08. The zero-order chi connectivity index (χ0) is 15.4. The van der Waals surface area contributed by atoms with Gasteiger partial charge in [0.25, 0.3) is 0 Å². The van der Waals surface area contributed by atoms with Crippen LogP contribution in [-0.2, 0) is 16.0 Å². The van der Waals surface area contributed by atoms with Gasteiger partial charge in [-0.05, 0) is 25.0 Å². The van der Waals surface area contributed by atoms with Crippen molar-refractivity contribution in [3.8, 4) is 0 Å². The van der Waals surface area contributed by atoms with E-state index < -0.39 is 0 Å². The Kier molecular flexibility index (Phi) is 4.37. The van der Waals surface area contributed by atoms with Gasteiger partial charge in [-0.1, -0.05) is 36.6 Å². The van der Waals surface area contributed by atoms with Crippen molar-refractivity contribution < 1.29 is 14.1 Å². The number of hydrogen-bond acceptors (Lipinski definition) is 4. The van der Waals surface area contributed by atoms with Gasteiger partial charge in [-0.15, -0.1) is 0 Å². The molecule has 1 aromatic heterocycles. The molecule has 2 aromatic rings. The molecule has 0 atom stereocenters. The van der Waals surface area contributed by atoms with Crippen molar-refractivity contribution in [1.29, 1.82) is 0 Å². The fourth-order valence-electron chi connectivity index (χ4n) is 2.86. The van der Waals surface area contributed by atoms with E-state index in [0.717, 1.165) is 31.1 Å². The van der Waals surface area contributed by atoms with Gasteiger partial charge in [0, 0.05) is 11.3 Å². The maximum absolute atomic E-state index is 12.0. The zero-order valence-electron chi connectivity index (χ0n) is 12.3. The van der Waals surface area contributed by atoms with Crippen LogP contribution in [0.1, 0.15) is 37.8 Å². The maximum Gasteiger partial charge on any atom is 0.244 e. The molecule has 22 heavy (non-hydrogen) atoms. The number of carbonyl (C=O) groups is 2. The van der Waals surface area contributed by atoms with E-state index in [2.05, 4.69) is 16.0 Å². The van der Waals surface area contributed by atoms with Crippen LogP contribution in [0.15, 0.2) is 28.8 Å². The van der Waals surface area contributed by atoms with Gasteiger partial charge in [0.05, 0.1) is 6.42 Å². The van der Waals surface area contributed by atoms with E-state index in [-0.39, 0.29) is 24.2 Å². The lowest BCUT2D eigenvalue weighted by Crippen LogP contribution is -2.45. The molecule has 3 rings (SSSR count). The molecule has 6 heteroatoms. The van der Waals surface area contributed by atoms with Crippen LogP contribution >= 0.6 is 0 Å². The first-order valence-electron chi connectivity index (χ1n) is 7.66. The summed E-state index contributed by atoms with van der Waals surface area (Å²) in [7, 11) is 0. The predicted molar refractivity (Wildman–Crippen MR) is 80.6 cm³/mol. The normalized spacial score (nSPS) is 15.6. The van der Waals surface area contributed by atoms with Crippen LogP contribution in [0.4, 0.5) is 0 Å². The van der Waals surface area contributed by atoms with Crippen molar-refractivity contribution in [2.24, 2.45) is 5.92 Å². The molecule has 2 N–H and O–H groups in total. The molecule has 1 aliphatic rings. The average Bonchev–Trinajstić information content (AvgIpc) is 2.97.